The molecule has 0 saturated carbocycles. The van der Waals surface area contributed by atoms with E-state index in [1.54, 1.807) is 19.2 Å². The molecule has 1 amide bonds. The number of carbonyl (C=O) groups is 1. The van der Waals surface area contributed by atoms with Gasteiger partial charge in [0.1, 0.15) is 11.6 Å². The Labute approximate surface area is 155 Å². The van der Waals surface area contributed by atoms with E-state index in [-0.39, 0.29) is 11.7 Å². The molecular formula is C21H27FN2O2. The Balaban J connectivity index is 1.79. The number of rotatable bonds is 8. The van der Waals surface area contributed by atoms with Crippen LogP contribution in [0.4, 0.5) is 4.39 Å². The largest absolute Gasteiger partial charge is 0.496 e. The van der Waals surface area contributed by atoms with Gasteiger partial charge in [-0.05, 0) is 61.7 Å². The van der Waals surface area contributed by atoms with Gasteiger partial charge in [-0.25, -0.2) is 4.39 Å². The van der Waals surface area contributed by atoms with E-state index in [2.05, 4.69) is 17.4 Å². The first-order valence-corrected chi connectivity index (χ1v) is 8.73. The number of aryl methyl sites for hydroxylation is 2. The summed E-state index contributed by atoms with van der Waals surface area (Å²) in [6.07, 6.45) is 0.687. The summed E-state index contributed by atoms with van der Waals surface area (Å²) in [5.41, 5.74) is 4.35. The quantitative estimate of drug-likeness (QED) is 0.788. The average Bonchev–Trinajstić information content (AvgIpc) is 2.56. The van der Waals surface area contributed by atoms with Crippen molar-refractivity contribution in [2.75, 3.05) is 27.2 Å². The lowest BCUT2D eigenvalue weighted by Gasteiger charge is -2.18. The van der Waals surface area contributed by atoms with Crippen LogP contribution >= 0.6 is 0 Å². The fourth-order valence-electron chi connectivity index (χ4n) is 3.12. The summed E-state index contributed by atoms with van der Waals surface area (Å²) in [6.45, 7) is 5.61. The van der Waals surface area contributed by atoms with Crippen LogP contribution in [0.3, 0.4) is 0 Å². The zero-order valence-electron chi connectivity index (χ0n) is 15.9. The number of nitrogens with one attached hydrogen (secondary N) is 1. The van der Waals surface area contributed by atoms with Crippen LogP contribution in [0.25, 0.3) is 0 Å². The second-order valence-electron chi connectivity index (χ2n) is 6.66. The number of hydrogen-bond acceptors (Lipinski definition) is 3. The minimum Gasteiger partial charge on any atom is -0.496 e. The third-order valence-corrected chi connectivity index (χ3v) is 4.24. The number of halogens is 1. The van der Waals surface area contributed by atoms with Crippen molar-refractivity contribution in [2.24, 2.45) is 0 Å². The highest BCUT2D eigenvalue weighted by atomic mass is 19.1. The fourth-order valence-corrected chi connectivity index (χ4v) is 3.12. The highest BCUT2D eigenvalue weighted by Crippen LogP contribution is 2.24. The molecule has 0 aliphatic rings. The molecule has 2 aromatic rings. The van der Waals surface area contributed by atoms with E-state index in [0.29, 0.717) is 26.1 Å². The molecule has 2 rings (SSSR count). The van der Waals surface area contributed by atoms with E-state index in [1.165, 1.54) is 12.1 Å². The molecule has 0 atom stereocenters. The predicted octanol–water partition coefficient (Wildman–Crippen LogP) is 3.24. The third kappa shape index (κ3) is 5.85. The molecule has 0 saturated heterocycles. The SMILES string of the molecule is COc1c(C)cc(CN(C)CC(=O)NCCc2ccc(F)cc2)cc1C. The minimum absolute atomic E-state index is 0.0171. The van der Waals surface area contributed by atoms with Crippen molar-refractivity contribution in [1.29, 1.82) is 0 Å². The number of amides is 1. The van der Waals surface area contributed by atoms with Gasteiger partial charge in [0.25, 0.3) is 0 Å². The lowest BCUT2D eigenvalue weighted by molar-refractivity contribution is -0.122. The fraction of sp³-hybridized carbons (Fsp3) is 0.381. The van der Waals surface area contributed by atoms with Crippen LogP contribution in [0.1, 0.15) is 22.3 Å². The Hall–Kier alpha value is -2.40. The first kappa shape index (κ1) is 19.9. The number of methoxy groups -OCH3 is 1. The van der Waals surface area contributed by atoms with E-state index in [0.717, 1.165) is 28.0 Å². The maximum Gasteiger partial charge on any atom is 0.234 e. The number of benzene rings is 2. The monoisotopic (exact) mass is 358 g/mol. The van der Waals surface area contributed by atoms with Crippen LogP contribution in [0, 0.1) is 19.7 Å². The first-order chi connectivity index (χ1) is 12.4. The van der Waals surface area contributed by atoms with Gasteiger partial charge in [-0.1, -0.05) is 24.3 Å². The Morgan fingerprint density at radius 1 is 1.12 bits per heavy atom. The maximum absolute atomic E-state index is 12.9. The summed E-state index contributed by atoms with van der Waals surface area (Å²) >= 11 is 0. The molecule has 2 aromatic carbocycles. The predicted molar refractivity (Wildman–Crippen MR) is 102 cm³/mol. The molecule has 0 spiro atoms. The van der Waals surface area contributed by atoms with Crippen molar-refractivity contribution >= 4 is 5.91 Å². The topological polar surface area (TPSA) is 41.6 Å². The molecule has 26 heavy (non-hydrogen) atoms. The molecule has 0 heterocycles. The summed E-state index contributed by atoms with van der Waals surface area (Å²) in [5, 5.41) is 2.91. The molecule has 0 aliphatic heterocycles. The molecule has 1 N–H and O–H groups in total. The van der Waals surface area contributed by atoms with Gasteiger partial charge in [0, 0.05) is 13.1 Å². The summed E-state index contributed by atoms with van der Waals surface area (Å²) in [5.74, 6) is 0.648. The van der Waals surface area contributed by atoms with E-state index in [4.69, 9.17) is 4.74 Å². The number of ether oxygens (including phenoxy) is 1. The van der Waals surface area contributed by atoms with E-state index in [9.17, 15) is 9.18 Å². The van der Waals surface area contributed by atoms with Crippen LogP contribution in [0.5, 0.6) is 5.75 Å². The van der Waals surface area contributed by atoms with Gasteiger partial charge in [-0.3, -0.25) is 9.69 Å². The molecule has 0 bridgehead atoms. The molecule has 0 aliphatic carbocycles. The van der Waals surface area contributed by atoms with Gasteiger partial charge in [-0.15, -0.1) is 0 Å². The Kier molecular flexibility index (Phi) is 7.16. The van der Waals surface area contributed by atoms with Gasteiger partial charge in [0.05, 0.1) is 13.7 Å². The summed E-state index contributed by atoms with van der Waals surface area (Å²) < 4.78 is 18.3. The van der Waals surface area contributed by atoms with E-state index >= 15 is 0 Å². The van der Waals surface area contributed by atoms with Gasteiger partial charge < -0.3 is 10.1 Å². The first-order valence-electron chi connectivity index (χ1n) is 8.73. The highest BCUT2D eigenvalue weighted by Gasteiger charge is 2.10. The molecule has 0 fully saturated rings. The number of likely N-dealkylation sites (N-methyl/N-ethyl adjacent to an activating group) is 1. The molecule has 0 radical (unpaired) electrons. The number of carbonyl (C=O) groups excluding carboxylic acids is 1. The van der Waals surface area contributed by atoms with Crippen LogP contribution in [-0.4, -0.2) is 38.1 Å². The molecule has 4 nitrogen and oxygen atoms in total. The molecular weight excluding hydrogens is 331 g/mol. The Morgan fingerprint density at radius 2 is 1.73 bits per heavy atom. The van der Waals surface area contributed by atoms with Gasteiger partial charge >= 0.3 is 0 Å². The molecule has 0 unspecified atom stereocenters. The Bertz CT molecular complexity index is 721. The third-order valence-electron chi connectivity index (χ3n) is 4.24. The zero-order chi connectivity index (χ0) is 19.1. The molecule has 5 heteroatoms. The second-order valence-corrected chi connectivity index (χ2v) is 6.66. The smallest absolute Gasteiger partial charge is 0.234 e. The van der Waals surface area contributed by atoms with Crippen molar-refractivity contribution < 1.29 is 13.9 Å². The molecule has 0 aromatic heterocycles. The van der Waals surface area contributed by atoms with Crippen molar-refractivity contribution in [3.05, 3.63) is 64.5 Å². The van der Waals surface area contributed by atoms with Gasteiger partial charge in [0.2, 0.25) is 5.91 Å². The highest BCUT2D eigenvalue weighted by molar-refractivity contribution is 5.77. The number of hydrogen-bond donors (Lipinski definition) is 1. The van der Waals surface area contributed by atoms with Gasteiger partial charge in [0.15, 0.2) is 0 Å². The summed E-state index contributed by atoms with van der Waals surface area (Å²) in [6, 6.07) is 10.5. The van der Waals surface area contributed by atoms with Crippen molar-refractivity contribution in [3.63, 3.8) is 0 Å². The number of nitrogens with zero attached hydrogens (tertiary/aromatic N) is 1. The normalized spacial score (nSPS) is 10.8. The van der Waals surface area contributed by atoms with Crippen molar-refractivity contribution in [2.45, 2.75) is 26.8 Å². The lowest BCUT2D eigenvalue weighted by Crippen LogP contribution is -2.35. The zero-order valence-corrected chi connectivity index (χ0v) is 15.9. The van der Waals surface area contributed by atoms with Crippen LogP contribution in [-0.2, 0) is 17.8 Å². The van der Waals surface area contributed by atoms with Crippen molar-refractivity contribution in [1.82, 2.24) is 10.2 Å². The van der Waals surface area contributed by atoms with Gasteiger partial charge in [-0.2, -0.15) is 0 Å². The molecule has 140 valence electrons. The summed E-state index contributed by atoms with van der Waals surface area (Å²) in [7, 11) is 3.60. The average molecular weight is 358 g/mol. The maximum atomic E-state index is 12.9. The Morgan fingerprint density at radius 3 is 2.31 bits per heavy atom. The van der Waals surface area contributed by atoms with E-state index < -0.39 is 0 Å². The van der Waals surface area contributed by atoms with Crippen LogP contribution in [0.2, 0.25) is 0 Å². The minimum atomic E-state index is -0.247. The van der Waals surface area contributed by atoms with E-state index in [1.807, 2.05) is 25.8 Å². The second kappa shape index (κ2) is 9.34. The van der Waals surface area contributed by atoms with Crippen LogP contribution in [0.15, 0.2) is 36.4 Å². The van der Waals surface area contributed by atoms with Crippen molar-refractivity contribution in [3.8, 4) is 5.75 Å². The van der Waals surface area contributed by atoms with Crippen LogP contribution < -0.4 is 10.1 Å². The standard InChI is InChI=1S/C21H27FN2O2/c1-15-11-18(12-16(2)21(15)26-4)13-24(3)14-20(25)23-10-9-17-5-7-19(22)8-6-17/h5-8,11-12H,9-10,13-14H2,1-4H3,(H,23,25). The lowest BCUT2D eigenvalue weighted by atomic mass is 10.1. The summed E-state index contributed by atoms with van der Waals surface area (Å²) in [4.78, 5) is 14.1.